The van der Waals surface area contributed by atoms with E-state index in [1.165, 1.54) is 13.2 Å². The number of aliphatic hydroxyl groups excluding tert-OH is 1. The highest BCUT2D eigenvalue weighted by molar-refractivity contribution is 5.71. The Bertz CT molecular complexity index is 903. The third kappa shape index (κ3) is 2.80. The Labute approximate surface area is 144 Å². The number of methoxy groups -OCH3 is 1. The summed E-state index contributed by atoms with van der Waals surface area (Å²) >= 11 is 0. The average Bonchev–Trinajstić information content (AvgIpc) is 3.06. The van der Waals surface area contributed by atoms with Crippen molar-refractivity contribution in [1.29, 1.82) is 0 Å². The molecule has 0 radical (unpaired) electrons. The van der Waals surface area contributed by atoms with Crippen LogP contribution in [0.15, 0.2) is 36.8 Å². The molecule has 1 aliphatic rings. The van der Waals surface area contributed by atoms with Gasteiger partial charge >= 0.3 is 0 Å². The van der Waals surface area contributed by atoms with Crippen LogP contribution in [0.4, 0.5) is 10.2 Å². The first-order valence-corrected chi connectivity index (χ1v) is 8.26. The number of nitrogens with zero attached hydrogens (tertiary/aromatic N) is 4. The Morgan fingerprint density at radius 3 is 2.76 bits per heavy atom. The fourth-order valence-electron chi connectivity index (χ4n) is 3.25. The van der Waals surface area contributed by atoms with E-state index in [0.717, 1.165) is 48.7 Å². The number of aliphatic hydroxyl groups is 1. The van der Waals surface area contributed by atoms with Crippen LogP contribution in [-0.4, -0.2) is 45.8 Å². The maximum atomic E-state index is 14.1. The number of hydrogen-bond acceptors (Lipinski definition) is 5. The van der Waals surface area contributed by atoms with Crippen LogP contribution in [0.3, 0.4) is 0 Å². The van der Waals surface area contributed by atoms with Gasteiger partial charge in [-0.2, -0.15) is 0 Å². The second-order valence-electron chi connectivity index (χ2n) is 6.16. The van der Waals surface area contributed by atoms with Gasteiger partial charge in [0.2, 0.25) is 0 Å². The van der Waals surface area contributed by atoms with Gasteiger partial charge < -0.3 is 14.7 Å². The zero-order valence-corrected chi connectivity index (χ0v) is 13.9. The van der Waals surface area contributed by atoms with Crippen LogP contribution in [0.5, 0.6) is 5.75 Å². The van der Waals surface area contributed by atoms with Crippen LogP contribution >= 0.6 is 0 Å². The number of hydrogen-bond donors (Lipinski definition) is 1. The molecule has 1 fully saturated rings. The maximum absolute atomic E-state index is 14.1. The molecule has 0 unspecified atom stereocenters. The summed E-state index contributed by atoms with van der Waals surface area (Å²) in [6, 6.07) is 4.86. The zero-order chi connectivity index (χ0) is 17.4. The number of anilines is 1. The van der Waals surface area contributed by atoms with Gasteiger partial charge in [0.05, 0.1) is 25.1 Å². The summed E-state index contributed by atoms with van der Waals surface area (Å²) in [6.07, 6.45) is 6.47. The third-order valence-electron chi connectivity index (χ3n) is 4.62. The molecule has 0 spiro atoms. The van der Waals surface area contributed by atoms with Crippen LogP contribution in [0.2, 0.25) is 0 Å². The predicted molar refractivity (Wildman–Crippen MR) is 92.4 cm³/mol. The minimum absolute atomic E-state index is 0.215. The molecule has 3 aromatic rings. The third-order valence-corrected chi connectivity index (χ3v) is 4.62. The first-order valence-electron chi connectivity index (χ1n) is 8.26. The summed E-state index contributed by atoms with van der Waals surface area (Å²) in [5.74, 6) is 0.593. The lowest BCUT2D eigenvalue weighted by molar-refractivity contribution is 0.145. The van der Waals surface area contributed by atoms with Crippen molar-refractivity contribution in [2.75, 3.05) is 25.1 Å². The first kappa shape index (κ1) is 15.8. The molecule has 0 bridgehead atoms. The van der Waals surface area contributed by atoms with Gasteiger partial charge in [-0.15, -0.1) is 0 Å². The molecule has 1 N–H and O–H groups in total. The van der Waals surface area contributed by atoms with Crippen molar-refractivity contribution < 1.29 is 14.2 Å². The molecule has 1 aliphatic heterocycles. The van der Waals surface area contributed by atoms with Crippen molar-refractivity contribution >= 4 is 11.5 Å². The van der Waals surface area contributed by atoms with Crippen molar-refractivity contribution in [3.05, 3.63) is 42.6 Å². The van der Waals surface area contributed by atoms with E-state index >= 15 is 0 Å². The Morgan fingerprint density at radius 1 is 1.24 bits per heavy atom. The van der Waals surface area contributed by atoms with Crippen LogP contribution in [0.1, 0.15) is 12.8 Å². The lowest BCUT2D eigenvalue weighted by atomic mass is 10.1. The van der Waals surface area contributed by atoms with Gasteiger partial charge in [0.15, 0.2) is 23.0 Å². The van der Waals surface area contributed by atoms with Crippen LogP contribution in [0.25, 0.3) is 16.9 Å². The van der Waals surface area contributed by atoms with Crippen molar-refractivity contribution in [2.24, 2.45) is 0 Å². The van der Waals surface area contributed by atoms with Crippen molar-refractivity contribution in [3.63, 3.8) is 0 Å². The van der Waals surface area contributed by atoms with E-state index in [1.807, 2.05) is 16.7 Å². The van der Waals surface area contributed by atoms with E-state index in [1.54, 1.807) is 18.5 Å². The normalized spacial score (nSPS) is 15.7. The van der Waals surface area contributed by atoms with Crippen LogP contribution in [0, 0.1) is 5.82 Å². The Kier molecular flexibility index (Phi) is 4.01. The molecule has 0 atom stereocenters. The topological polar surface area (TPSA) is 62.9 Å². The van der Waals surface area contributed by atoms with Crippen molar-refractivity contribution in [1.82, 2.24) is 14.4 Å². The predicted octanol–water partition coefficient (Wildman–Crippen LogP) is 2.51. The fourth-order valence-corrected chi connectivity index (χ4v) is 3.25. The SMILES string of the molecule is COc1ccc(-c2cnc3c(N4CCC(O)CC4)nccn23)cc1F. The van der Waals surface area contributed by atoms with Gasteiger partial charge in [-0.1, -0.05) is 0 Å². The molecular weight excluding hydrogens is 323 g/mol. The Balaban J connectivity index is 1.75. The monoisotopic (exact) mass is 342 g/mol. The average molecular weight is 342 g/mol. The largest absolute Gasteiger partial charge is 0.494 e. The van der Waals surface area contributed by atoms with E-state index in [0.29, 0.717) is 0 Å². The number of halogens is 1. The highest BCUT2D eigenvalue weighted by atomic mass is 19.1. The molecule has 1 aromatic carbocycles. The number of aromatic nitrogens is 3. The smallest absolute Gasteiger partial charge is 0.180 e. The van der Waals surface area contributed by atoms with E-state index < -0.39 is 5.82 Å². The molecule has 0 saturated carbocycles. The van der Waals surface area contributed by atoms with Gasteiger partial charge in [-0.05, 0) is 31.0 Å². The minimum Gasteiger partial charge on any atom is -0.494 e. The molecule has 3 heterocycles. The molecule has 2 aromatic heterocycles. The van der Waals surface area contributed by atoms with Gasteiger partial charge in [-0.3, -0.25) is 4.40 Å². The van der Waals surface area contributed by atoms with E-state index in [4.69, 9.17) is 4.74 Å². The number of piperidine rings is 1. The Morgan fingerprint density at radius 2 is 2.04 bits per heavy atom. The lowest BCUT2D eigenvalue weighted by Crippen LogP contribution is -2.36. The van der Waals surface area contributed by atoms with Crippen molar-refractivity contribution in [2.45, 2.75) is 18.9 Å². The van der Waals surface area contributed by atoms with Gasteiger partial charge in [0.25, 0.3) is 0 Å². The maximum Gasteiger partial charge on any atom is 0.180 e. The molecule has 7 heteroatoms. The summed E-state index contributed by atoms with van der Waals surface area (Å²) in [5.41, 5.74) is 2.24. The summed E-state index contributed by atoms with van der Waals surface area (Å²) < 4.78 is 20.9. The highest BCUT2D eigenvalue weighted by Gasteiger charge is 2.21. The van der Waals surface area contributed by atoms with E-state index in [2.05, 4.69) is 14.9 Å². The van der Waals surface area contributed by atoms with Gasteiger partial charge in [0.1, 0.15) is 0 Å². The van der Waals surface area contributed by atoms with Crippen molar-refractivity contribution in [3.8, 4) is 17.0 Å². The second kappa shape index (κ2) is 6.33. The molecule has 0 aliphatic carbocycles. The van der Waals surface area contributed by atoms with Gasteiger partial charge in [0, 0.05) is 31.0 Å². The molecule has 4 rings (SSSR count). The van der Waals surface area contributed by atoms with E-state index in [-0.39, 0.29) is 11.9 Å². The fraction of sp³-hybridized carbons (Fsp3) is 0.333. The first-order chi connectivity index (χ1) is 12.2. The number of fused-ring (bicyclic) bond motifs is 1. The molecule has 130 valence electrons. The van der Waals surface area contributed by atoms with Gasteiger partial charge in [-0.25, -0.2) is 14.4 Å². The lowest BCUT2D eigenvalue weighted by Gasteiger charge is -2.30. The quantitative estimate of drug-likeness (QED) is 0.792. The molecular formula is C18H19FN4O2. The van der Waals surface area contributed by atoms with Crippen LogP contribution < -0.4 is 9.64 Å². The zero-order valence-electron chi connectivity index (χ0n) is 13.9. The molecule has 1 saturated heterocycles. The van der Waals surface area contributed by atoms with E-state index in [9.17, 15) is 9.50 Å². The second-order valence-corrected chi connectivity index (χ2v) is 6.16. The summed E-state index contributed by atoms with van der Waals surface area (Å²) in [6.45, 7) is 1.49. The standard InChI is InChI=1S/C18H19FN4O2/c1-25-16-3-2-12(10-14(16)19)15-11-21-18-17(20-6-9-23(15)18)22-7-4-13(24)5-8-22/h2-3,6,9-11,13,24H,4-5,7-8H2,1H3. The summed E-state index contributed by atoms with van der Waals surface area (Å²) in [5, 5.41) is 9.69. The highest BCUT2D eigenvalue weighted by Crippen LogP contribution is 2.29. The van der Waals surface area contributed by atoms with Crippen LogP contribution in [-0.2, 0) is 0 Å². The number of rotatable bonds is 3. The number of benzene rings is 1. The number of ether oxygens (including phenoxy) is 1. The summed E-state index contributed by atoms with van der Waals surface area (Å²) in [4.78, 5) is 11.1. The molecule has 25 heavy (non-hydrogen) atoms. The summed E-state index contributed by atoms with van der Waals surface area (Å²) in [7, 11) is 1.44. The Hall–Kier alpha value is -2.67. The number of imidazole rings is 1. The molecule has 6 nitrogen and oxygen atoms in total. The minimum atomic E-state index is -0.408. The molecule has 0 amide bonds.